The molecule has 0 aromatic carbocycles. The Morgan fingerprint density at radius 2 is 2.00 bits per heavy atom. The van der Waals surface area contributed by atoms with Crippen molar-refractivity contribution in [2.24, 2.45) is 12.8 Å². The van der Waals surface area contributed by atoms with Gasteiger partial charge in [0.15, 0.2) is 0 Å². The molecule has 84 valence electrons. The highest BCUT2D eigenvalue weighted by Crippen LogP contribution is 2.30. The van der Waals surface area contributed by atoms with Crippen LogP contribution in [0.4, 0.5) is 13.2 Å². The van der Waals surface area contributed by atoms with Crippen LogP contribution in [-0.2, 0) is 19.8 Å². The van der Waals surface area contributed by atoms with Gasteiger partial charge in [0.2, 0.25) is 0 Å². The molecule has 0 aliphatic heterocycles. The van der Waals surface area contributed by atoms with Gasteiger partial charge in [0.05, 0.1) is 5.56 Å². The van der Waals surface area contributed by atoms with Gasteiger partial charge in [-0.25, -0.2) is 0 Å². The molecule has 0 spiro atoms. The fourth-order valence-electron chi connectivity index (χ4n) is 1.32. The summed E-state index contributed by atoms with van der Waals surface area (Å²) in [7, 11) is 1.41. The molecule has 6 heteroatoms. The maximum absolute atomic E-state index is 12.5. The summed E-state index contributed by atoms with van der Waals surface area (Å²) in [6, 6.07) is 0.934. The molecule has 0 bridgehead atoms. The molecule has 3 nitrogen and oxygen atoms in total. The third kappa shape index (κ3) is 2.04. The van der Waals surface area contributed by atoms with Crippen molar-refractivity contribution in [1.29, 1.82) is 0 Å². The van der Waals surface area contributed by atoms with E-state index in [-0.39, 0.29) is 5.69 Å². The van der Waals surface area contributed by atoms with Crippen LogP contribution in [0.3, 0.4) is 0 Å². The number of hydrogen-bond acceptors (Lipinski definition) is 2. The molecule has 15 heavy (non-hydrogen) atoms. The number of halogens is 3. The number of pyridine rings is 1. The Hall–Kier alpha value is -1.30. The van der Waals surface area contributed by atoms with Gasteiger partial charge in [-0.15, -0.1) is 0 Å². The Labute approximate surface area is 84.3 Å². The second-order valence-electron chi connectivity index (χ2n) is 3.24. The fraction of sp³-hybridized carbons (Fsp3) is 0.444. The lowest BCUT2D eigenvalue weighted by Gasteiger charge is -2.14. The van der Waals surface area contributed by atoms with Crippen molar-refractivity contribution in [3.8, 4) is 0 Å². The van der Waals surface area contributed by atoms with Gasteiger partial charge < -0.3 is 10.3 Å². The molecule has 0 saturated heterocycles. The van der Waals surface area contributed by atoms with E-state index >= 15 is 0 Å². The zero-order chi connectivity index (χ0) is 11.8. The Morgan fingerprint density at radius 3 is 2.40 bits per heavy atom. The first-order valence-electron chi connectivity index (χ1n) is 4.25. The molecule has 0 amide bonds. The Bertz CT molecular complexity index is 434. The summed E-state index contributed by atoms with van der Waals surface area (Å²) in [6.45, 7) is 1.03. The van der Waals surface area contributed by atoms with Crippen LogP contribution in [0.15, 0.2) is 10.9 Å². The first kappa shape index (κ1) is 11.8. The molecule has 1 rings (SSSR count). The van der Waals surface area contributed by atoms with E-state index < -0.39 is 29.4 Å². The van der Waals surface area contributed by atoms with E-state index in [2.05, 4.69) is 0 Å². The van der Waals surface area contributed by atoms with Gasteiger partial charge in [0, 0.05) is 24.8 Å². The Kier molecular flexibility index (Phi) is 2.90. The predicted octanol–water partition coefficient (Wildman–Crippen LogP) is 1.17. The van der Waals surface area contributed by atoms with Crippen LogP contribution >= 0.6 is 0 Å². The highest BCUT2D eigenvalue weighted by atomic mass is 19.4. The van der Waals surface area contributed by atoms with Gasteiger partial charge in [0.1, 0.15) is 0 Å². The number of alkyl halides is 3. The van der Waals surface area contributed by atoms with E-state index in [0.29, 0.717) is 0 Å². The summed E-state index contributed by atoms with van der Waals surface area (Å²) in [6.07, 6.45) is -4.53. The highest BCUT2D eigenvalue weighted by Gasteiger charge is 2.34. The van der Waals surface area contributed by atoms with E-state index in [4.69, 9.17) is 5.73 Å². The molecule has 1 heterocycles. The quantitative estimate of drug-likeness (QED) is 0.772. The van der Waals surface area contributed by atoms with E-state index in [1.807, 2.05) is 0 Å². The van der Waals surface area contributed by atoms with Crippen molar-refractivity contribution in [2.45, 2.75) is 19.6 Å². The topological polar surface area (TPSA) is 48.0 Å². The maximum atomic E-state index is 12.5. The lowest BCUT2D eigenvalue weighted by molar-refractivity contribution is -0.138. The van der Waals surface area contributed by atoms with Crippen molar-refractivity contribution in [3.63, 3.8) is 0 Å². The predicted molar refractivity (Wildman–Crippen MR) is 49.3 cm³/mol. The number of aromatic nitrogens is 1. The number of nitrogens with two attached hydrogens (primary N) is 1. The van der Waals surface area contributed by atoms with Crippen LogP contribution in [0.1, 0.15) is 16.8 Å². The van der Waals surface area contributed by atoms with Gasteiger partial charge in [-0.1, -0.05) is 0 Å². The molecular weight excluding hydrogens is 209 g/mol. The molecule has 0 unspecified atom stereocenters. The van der Waals surface area contributed by atoms with Crippen molar-refractivity contribution in [2.75, 3.05) is 0 Å². The van der Waals surface area contributed by atoms with Crippen molar-refractivity contribution in [3.05, 3.63) is 33.2 Å². The van der Waals surface area contributed by atoms with Crippen LogP contribution in [0.2, 0.25) is 0 Å². The van der Waals surface area contributed by atoms with Gasteiger partial charge in [-0.3, -0.25) is 4.79 Å². The van der Waals surface area contributed by atoms with Crippen LogP contribution < -0.4 is 11.3 Å². The second kappa shape index (κ2) is 3.69. The number of hydrogen-bond donors (Lipinski definition) is 1. The first-order chi connectivity index (χ1) is 6.79. The minimum absolute atomic E-state index is 0.254. The Balaban J connectivity index is 3.61. The van der Waals surface area contributed by atoms with Gasteiger partial charge in [-0.2, -0.15) is 13.2 Å². The zero-order valence-corrected chi connectivity index (χ0v) is 8.35. The lowest BCUT2D eigenvalue weighted by Crippen LogP contribution is -2.29. The first-order valence-corrected chi connectivity index (χ1v) is 4.25. The largest absolute Gasteiger partial charge is 0.416 e. The minimum Gasteiger partial charge on any atom is -0.326 e. The summed E-state index contributed by atoms with van der Waals surface area (Å²) < 4.78 is 38.7. The third-order valence-corrected chi connectivity index (χ3v) is 2.28. The molecule has 0 atom stereocenters. The Morgan fingerprint density at radius 1 is 1.47 bits per heavy atom. The molecule has 0 fully saturated rings. The van der Waals surface area contributed by atoms with Crippen LogP contribution in [0.5, 0.6) is 0 Å². The number of rotatable bonds is 1. The van der Waals surface area contributed by atoms with Gasteiger partial charge in [0.25, 0.3) is 5.56 Å². The molecule has 1 aromatic heterocycles. The lowest BCUT2D eigenvalue weighted by atomic mass is 10.1. The zero-order valence-electron chi connectivity index (χ0n) is 8.35. The molecular formula is C9H11F3N2O. The van der Waals surface area contributed by atoms with Crippen LogP contribution in [0, 0.1) is 6.92 Å². The summed E-state index contributed by atoms with van der Waals surface area (Å²) in [5.41, 5.74) is 3.39. The van der Waals surface area contributed by atoms with Gasteiger partial charge in [-0.05, 0) is 13.0 Å². The van der Waals surface area contributed by atoms with E-state index in [0.717, 1.165) is 10.6 Å². The standard InChI is InChI=1S/C9H11F3N2O/c1-5-3-7(9(10,11)12)6(4-13)8(15)14(5)2/h3H,4,13H2,1-2H3. The minimum atomic E-state index is -4.53. The average Bonchev–Trinajstić information content (AvgIpc) is 2.12. The average molecular weight is 220 g/mol. The monoisotopic (exact) mass is 220 g/mol. The van der Waals surface area contributed by atoms with E-state index in [1.54, 1.807) is 0 Å². The number of nitrogens with zero attached hydrogens (tertiary/aromatic N) is 1. The normalized spacial score (nSPS) is 11.9. The summed E-state index contributed by atoms with van der Waals surface area (Å²) >= 11 is 0. The summed E-state index contributed by atoms with van der Waals surface area (Å²) in [5.74, 6) is 0. The summed E-state index contributed by atoms with van der Waals surface area (Å²) in [5, 5.41) is 0. The molecule has 0 radical (unpaired) electrons. The fourth-order valence-corrected chi connectivity index (χ4v) is 1.32. The van der Waals surface area contributed by atoms with E-state index in [9.17, 15) is 18.0 Å². The molecule has 1 aromatic rings. The van der Waals surface area contributed by atoms with Gasteiger partial charge >= 0.3 is 6.18 Å². The van der Waals surface area contributed by atoms with Crippen molar-refractivity contribution in [1.82, 2.24) is 4.57 Å². The van der Waals surface area contributed by atoms with Crippen molar-refractivity contribution >= 4 is 0 Å². The molecule has 0 saturated carbocycles. The van der Waals surface area contributed by atoms with Crippen LogP contribution in [0.25, 0.3) is 0 Å². The SMILES string of the molecule is Cc1cc(C(F)(F)F)c(CN)c(=O)n1C. The third-order valence-electron chi connectivity index (χ3n) is 2.28. The highest BCUT2D eigenvalue weighted by molar-refractivity contribution is 5.29. The van der Waals surface area contributed by atoms with E-state index in [1.165, 1.54) is 14.0 Å². The summed E-state index contributed by atoms with van der Waals surface area (Å²) in [4.78, 5) is 11.5. The molecule has 0 aliphatic carbocycles. The second-order valence-corrected chi connectivity index (χ2v) is 3.24. The van der Waals surface area contributed by atoms with Crippen LogP contribution in [-0.4, -0.2) is 4.57 Å². The molecule has 0 aliphatic rings. The smallest absolute Gasteiger partial charge is 0.326 e. The number of aryl methyl sites for hydroxylation is 1. The molecule has 2 N–H and O–H groups in total. The maximum Gasteiger partial charge on any atom is 0.416 e. The van der Waals surface area contributed by atoms with Crippen molar-refractivity contribution < 1.29 is 13.2 Å².